The molecular weight excluding hydrogens is 216 g/mol. The molecule has 1 aromatic rings. The molecule has 4 heteroatoms. The molecule has 17 heavy (non-hydrogen) atoms. The molecule has 0 aliphatic carbocycles. The van der Waals surface area contributed by atoms with Crippen LogP contribution in [0, 0.1) is 0 Å². The van der Waals surface area contributed by atoms with Gasteiger partial charge >= 0.3 is 0 Å². The second kappa shape index (κ2) is 6.79. The molecule has 1 heterocycles. The van der Waals surface area contributed by atoms with Gasteiger partial charge in [0.25, 0.3) is 0 Å². The predicted molar refractivity (Wildman–Crippen MR) is 68.5 cm³/mol. The largest absolute Gasteiger partial charge is 0.472 e. The fraction of sp³-hybridized carbons (Fsp3) is 0.692. The minimum absolute atomic E-state index is 0.0926. The van der Waals surface area contributed by atoms with Crippen LogP contribution in [0.5, 0.6) is 0 Å². The molecule has 98 valence electrons. The molecule has 0 aliphatic rings. The van der Waals surface area contributed by atoms with Gasteiger partial charge in [-0.25, -0.2) is 0 Å². The molecule has 0 aliphatic heterocycles. The number of nitrogens with two attached hydrogens (primary N) is 1. The van der Waals surface area contributed by atoms with Crippen LogP contribution in [-0.2, 0) is 11.2 Å². The van der Waals surface area contributed by atoms with E-state index in [0.717, 1.165) is 24.8 Å². The third kappa shape index (κ3) is 3.31. The molecule has 0 saturated carbocycles. The molecule has 0 spiro atoms. The number of rotatable bonds is 8. The van der Waals surface area contributed by atoms with Gasteiger partial charge < -0.3 is 9.15 Å². The van der Waals surface area contributed by atoms with Gasteiger partial charge in [-0.3, -0.25) is 11.3 Å². The second-order valence-corrected chi connectivity index (χ2v) is 4.26. The fourth-order valence-electron chi connectivity index (χ4n) is 2.38. The normalized spacial score (nSPS) is 13.9. The maximum absolute atomic E-state index is 5.96. The van der Waals surface area contributed by atoms with E-state index < -0.39 is 0 Å². The first-order valence-electron chi connectivity index (χ1n) is 6.33. The highest BCUT2D eigenvalue weighted by molar-refractivity contribution is 5.10. The summed E-state index contributed by atoms with van der Waals surface area (Å²) in [5.41, 5.74) is 3.83. The predicted octanol–water partition coefficient (Wildman–Crippen LogP) is 2.25. The molecule has 1 atom stereocenters. The summed E-state index contributed by atoms with van der Waals surface area (Å²) in [5.74, 6) is 5.70. The minimum Gasteiger partial charge on any atom is -0.472 e. The molecule has 4 nitrogen and oxygen atoms in total. The van der Waals surface area contributed by atoms with E-state index in [0.29, 0.717) is 6.61 Å². The second-order valence-electron chi connectivity index (χ2n) is 4.26. The lowest BCUT2D eigenvalue weighted by molar-refractivity contribution is -0.0719. The molecule has 0 bridgehead atoms. The van der Waals surface area contributed by atoms with Crippen molar-refractivity contribution in [3.05, 3.63) is 24.2 Å². The van der Waals surface area contributed by atoms with Gasteiger partial charge in [0.2, 0.25) is 0 Å². The number of hydrazine groups is 1. The van der Waals surface area contributed by atoms with E-state index in [1.807, 2.05) is 13.0 Å². The van der Waals surface area contributed by atoms with Crippen LogP contribution in [0.3, 0.4) is 0 Å². The number of furan rings is 1. The zero-order chi connectivity index (χ0) is 12.7. The number of hydrogen-bond acceptors (Lipinski definition) is 4. The van der Waals surface area contributed by atoms with Crippen molar-refractivity contribution in [2.75, 3.05) is 6.61 Å². The van der Waals surface area contributed by atoms with E-state index in [4.69, 9.17) is 15.0 Å². The SMILES string of the molecule is CCOC(CC)(CC)C(Cc1ccoc1)NN. The molecule has 0 amide bonds. The summed E-state index contributed by atoms with van der Waals surface area (Å²) in [6.45, 7) is 6.99. The van der Waals surface area contributed by atoms with Crippen LogP contribution in [0.4, 0.5) is 0 Å². The summed E-state index contributed by atoms with van der Waals surface area (Å²) in [6.07, 6.45) is 6.12. The average Bonchev–Trinajstić information content (AvgIpc) is 2.86. The number of hydrogen-bond donors (Lipinski definition) is 2. The zero-order valence-electron chi connectivity index (χ0n) is 11.0. The maximum atomic E-state index is 5.96. The average molecular weight is 240 g/mol. The highest BCUT2D eigenvalue weighted by Crippen LogP contribution is 2.27. The Morgan fingerprint density at radius 2 is 2.12 bits per heavy atom. The molecule has 0 radical (unpaired) electrons. The monoisotopic (exact) mass is 240 g/mol. The molecule has 0 aromatic carbocycles. The Kier molecular flexibility index (Phi) is 5.68. The summed E-state index contributed by atoms with van der Waals surface area (Å²) in [6, 6.07) is 2.06. The Labute approximate surface area is 103 Å². The molecule has 0 fully saturated rings. The lowest BCUT2D eigenvalue weighted by atomic mass is 9.85. The Bertz CT molecular complexity index is 294. The zero-order valence-corrected chi connectivity index (χ0v) is 11.0. The van der Waals surface area contributed by atoms with Crippen LogP contribution in [-0.4, -0.2) is 18.2 Å². The van der Waals surface area contributed by atoms with E-state index in [1.54, 1.807) is 12.5 Å². The van der Waals surface area contributed by atoms with Crippen molar-refractivity contribution in [1.29, 1.82) is 0 Å². The van der Waals surface area contributed by atoms with Gasteiger partial charge in [0.15, 0.2) is 0 Å². The lowest BCUT2D eigenvalue weighted by Crippen LogP contribution is -2.55. The molecule has 3 N–H and O–H groups in total. The molecule has 1 rings (SSSR count). The molecular formula is C13H24N2O2. The molecule has 1 unspecified atom stereocenters. The van der Waals surface area contributed by atoms with E-state index in [1.165, 1.54) is 0 Å². The third-order valence-corrected chi connectivity index (χ3v) is 3.48. The van der Waals surface area contributed by atoms with Gasteiger partial charge in [-0.1, -0.05) is 13.8 Å². The lowest BCUT2D eigenvalue weighted by Gasteiger charge is -2.39. The Balaban J connectivity index is 2.80. The summed E-state index contributed by atoms with van der Waals surface area (Å²) < 4.78 is 11.0. The van der Waals surface area contributed by atoms with Gasteiger partial charge in [-0.2, -0.15) is 0 Å². The highest BCUT2D eigenvalue weighted by Gasteiger charge is 2.36. The van der Waals surface area contributed by atoms with Gasteiger partial charge in [0, 0.05) is 6.61 Å². The van der Waals surface area contributed by atoms with Crippen molar-refractivity contribution in [2.45, 2.75) is 51.7 Å². The Morgan fingerprint density at radius 1 is 1.41 bits per heavy atom. The van der Waals surface area contributed by atoms with Crippen LogP contribution < -0.4 is 11.3 Å². The Morgan fingerprint density at radius 3 is 2.53 bits per heavy atom. The van der Waals surface area contributed by atoms with Crippen molar-refractivity contribution < 1.29 is 9.15 Å². The van der Waals surface area contributed by atoms with Crippen molar-refractivity contribution in [3.8, 4) is 0 Å². The molecule has 0 saturated heterocycles. The van der Waals surface area contributed by atoms with Crippen LogP contribution in [0.2, 0.25) is 0 Å². The first-order chi connectivity index (χ1) is 8.22. The molecule has 1 aromatic heterocycles. The smallest absolute Gasteiger partial charge is 0.0935 e. The third-order valence-electron chi connectivity index (χ3n) is 3.48. The van der Waals surface area contributed by atoms with E-state index in [9.17, 15) is 0 Å². The van der Waals surface area contributed by atoms with Gasteiger partial charge in [-0.05, 0) is 37.8 Å². The maximum Gasteiger partial charge on any atom is 0.0935 e. The van der Waals surface area contributed by atoms with Crippen LogP contribution in [0.15, 0.2) is 23.0 Å². The number of ether oxygens (including phenoxy) is 1. The van der Waals surface area contributed by atoms with E-state index in [-0.39, 0.29) is 11.6 Å². The number of nitrogens with one attached hydrogen (secondary N) is 1. The van der Waals surface area contributed by atoms with Crippen LogP contribution in [0.25, 0.3) is 0 Å². The van der Waals surface area contributed by atoms with Gasteiger partial charge in [-0.15, -0.1) is 0 Å². The summed E-state index contributed by atoms with van der Waals surface area (Å²) in [5, 5.41) is 0. The first kappa shape index (κ1) is 14.2. The van der Waals surface area contributed by atoms with Crippen molar-refractivity contribution in [2.24, 2.45) is 5.84 Å². The quantitative estimate of drug-likeness (QED) is 0.540. The van der Waals surface area contributed by atoms with Crippen molar-refractivity contribution >= 4 is 0 Å². The minimum atomic E-state index is -0.208. The highest BCUT2D eigenvalue weighted by atomic mass is 16.5. The van der Waals surface area contributed by atoms with E-state index in [2.05, 4.69) is 19.3 Å². The van der Waals surface area contributed by atoms with Crippen LogP contribution >= 0.6 is 0 Å². The van der Waals surface area contributed by atoms with E-state index >= 15 is 0 Å². The van der Waals surface area contributed by atoms with Gasteiger partial charge in [0.1, 0.15) is 0 Å². The topological polar surface area (TPSA) is 60.4 Å². The van der Waals surface area contributed by atoms with Crippen molar-refractivity contribution in [3.63, 3.8) is 0 Å². The van der Waals surface area contributed by atoms with Gasteiger partial charge in [0.05, 0.1) is 24.2 Å². The van der Waals surface area contributed by atoms with Crippen molar-refractivity contribution in [1.82, 2.24) is 5.43 Å². The fourth-order valence-corrected chi connectivity index (χ4v) is 2.38. The standard InChI is InChI=1S/C13H24N2O2/c1-4-13(5-2,17-6-3)12(15-14)9-11-7-8-16-10-11/h7-8,10,12,15H,4-6,9,14H2,1-3H3. The first-order valence-corrected chi connectivity index (χ1v) is 6.33. The Hall–Kier alpha value is -0.840. The summed E-state index contributed by atoms with van der Waals surface area (Å²) in [4.78, 5) is 0. The van der Waals surface area contributed by atoms with Crippen LogP contribution in [0.1, 0.15) is 39.2 Å². The summed E-state index contributed by atoms with van der Waals surface area (Å²) >= 11 is 0. The summed E-state index contributed by atoms with van der Waals surface area (Å²) in [7, 11) is 0.